The van der Waals surface area contributed by atoms with Gasteiger partial charge in [-0.2, -0.15) is 0 Å². The second kappa shape index (κ2) is 9.54. The van der Waals surface area contributed by atoms with E-state index in [0.717, 1.165) is 23.6 Å². The van der Waals surface area contributed by atoms with Crippen LogP contribution in [-0.4, -0.2) is 29.0 Å². The van der Waals surface area contributed by atoms with Crippen LogP contribution in [0.5, 0.6) is 5.75 Å². The van der Waals surface area contributed by atoms with E-state index >= 15 is 0 Å². The predicted molar refractivity (Wildman–Crippen MR) is 116 cm³/mol. The fourth-order valence-electron chi connectivity index (χ4n) is 2.75. The highest BCUT2D eigenvalue weighted by Gasteiger charge is 2.06. The third-order valence-electron chi connectivity index (χ3n) is 4.09. The van der Waals surface area contributed by atoms with Crippen LogP contribution in [0.4, 0.5) is 23.0 Å². The van der Waals surface area contributed by atoms with E-state index in [1.54, 1.807) is 0 Å². The summed E-state index contributed by atoms with van der Waals surface area (Å²) in [6.45, 7) is 6.56. The van der Waals surface area contributed by atoms with Crippen molar-refractivity contribution in [1.29, 1.82) is 0 Å². The van der Waals surface area contributed by atoms with Crippen molar-refractivity contribution in [2.24, 2.45) is 0 Å². The van der Waals surface area contributed by atoms with Crippen LogP contribution in [0.15, 0.2) is 54.6 Å². The largest absolute Gasteiger partial charge is 0.483 e. The normalized spacial score (nSPS) is 10.3. The third-order valence-corrected chi connectivity index (χ3v) is 4.09. The van der Waals surface area contributed by atoms with Crippen molar-refractivity contribution in [3.05, 3.63) is 66.0 Å². The number of para-hydroxylation sites is 1. The number of carbonyl (C=O) groups is 1. The van der Waals surface area contributed by atoms with E-state index in [2.05, 4.69) is 25.9 Å². The lowest BCUT2D eigenvalue weighted by Gasteiger charge is -2.11. The molecule has 1 heterocycles. The molecule has 0 fully saturated rings. The van der Waals surface area contributed by atoms with Gasteiger partial charge in [-0.05, 0) is 56.7 Å². The molecule has 3 rings (SSSR count). The van der Waals surface area contributed by atoms with Gasteiger partial charge >= 0.3 is 0 Å². The van der Waals surface area contributed by atoms with E-state index < -0.39 is 0 Å². The number of hydrogen-bond donors (Lipinski definition) is 3. The summed E-state index contributed by atoms with van der Waals surface area (Å²) in [6.07, 6.45) is 0. The molecule has 3 aromatic rings. The van der Waals surface area contributed by atoms with Crippen molar-refractivity contribution < 1.29 is 9.53 Å². The predicted octanol–water partition coefficient (Wildman–Crippen LogP) is 4.29. The van der Waals surface area contributed by atoms with Gasteiger partial charge in [0.1, 0.15) is 23.2 Å². The van der Waals surface area contributed by atoms with Crippen LogP contribution in [0.3, 0.4) is 0 Å². The maximum absolute atomic E-state index is 12.1. The number of nitrogens with one attached hydrogen (secondary N) is 3. The average molecular weight is 391 g/mol. The number of rotatable bonds is 8. The van der Waals surface area contributed by atoms with Crippen LogP contribution in [0.1, 0.15) is 18.3 Å². The molecule has 0 aliphatic carbocycles. The third kappa shape index (κ3) is 5.93. The number of benzene rings is 2. The Morgan fingerprint density at radius 3 is 2.38 bits per heavy atom. The summed E-state index contributed by atoms with van der Waals surface area (Å²) in [7, 11) is 0. The molecule has 0 saturated heterocycles. The van der Waals surface area contributed by atoms with Crippen molar-refractivity contribution in [2.45, 2.75) is 20.8 Å². The highest BCUT2D eigenvalue weighted by atomic mass is 16.5. The minimum Gasteiger partial charge on any atom is -0.483 e. The highest BCUT2D eigenvalue weighted by Crippen LogP contribution is 2.20. The molecule has 1 aromatic heterocycles. The lowest BCUT2D eigenvalue weighted by Crippen LogP contribution is -2.20. The first-order chi connectivity index (χ1) is 14.0. The topological polar surface area (TPSA) is 88.2 Å². The molecule has 0 aliphatic heterocycles. The number of carbonyl (C=O) groups excluding carboxylic acids is 1. The number of amides is 1. The van der Waals surface area contributed by atoms with E-state index in [0.29, 0.717) is 23.1 Å². The van der Waals surface area contributed by atoms with Crippen LogP contribution >= 0.6 is 0 Å². The Hall–Kier alpha value is -3.61. The van der Waals surface area contributed by atoms with E-state index in [9.17, 15) is 4.79 Å². The van der Waals surface area contributed by atoms with Crippen LogP contribution in [0.25, 0.3) is 0 Å². The molecule has 0 saturated carbocycles. The smallest absolute Gasteiger partial charge is 0.262 e. The summed E-state index contributed by atoms with van der Waals surface area (Å²) in [4.78, 5) is 20.9. The average Bonchev–Trinajstić information content (AvgIpc) is 2.69. The zero-order chi connectivity index (χ0) is 20.6. The molecule has 0 bridgehead atoms. The van der Waals surface area contributed by atoms with Gasteiger partial charge in [0.05, 0.1) is 0 Å². The standard InChI is InChI=1S/C22H25N5O2/c1-4-23-20-13-21(25-16(3)24-20)26-17-9-11-18(12-10-17)27-22(28)14-29-19-8-6-5-7-15(19)2/h5-13H,4,14H2,1-3H3,(H,27,28)(H2,23,24,25,26). The molecular formula is C22H25N5O2. The zero-order valence-electron chi connectivity index (χ0n) is 16.8. The Bertz CT molecular complexity index is 973. The number of aromatic nitrogens is 2. The Morgan fingerprint density at radius 2 is 1.66 bits per heavy atom. The number of ether oxygens (including phenoxy) is 1. The molecular weight excluding hydrogens is 366 g/mol. The summed E-state index contributed by atoms with van der Waals surface area (Å²) in [5.74, 6) is 2.66. The second-order valence-electron chi connectivity index (χ2n) is 6.52. The molecule has 0 spiro atoms. The molecule has 1 amide bonds. The number of anilines is 4. The summed E-state index contributed by atoms with van der Waals surface area (Å²) < 4.78 is 5.57. The van der Waals surface area contributed by atoms with Crippen LogP contribution < -0.4 is 20.7 Å². The molecule has 0 radical (unpaired) electrons. The number of hydrogen-bond acceptors (Lipinski definition) is 6. The van der Waals surface area contributed by atoms with Gasteiger partial charge in [0.15, 0.2) is 6.61 Å². The van der Waals surface area contributed by atoms with Gasteiger partial charge in [-0.25, -0.2) is 9.97 Å². The first-order valence-corrected chi connectivity index (χ1v) is 9.48. The molecule has 7 heteroatoms. The van der Waals surface area contributed by atoms with Crippen molar-refractivity contribution in [3.63, 3.8) is 0 Å². The van der Waals surface area contributed by atoms with Gasteiger partial charge in [0.25, 0.3) is 5.91 Å². The Morgan fingerprint density at radius 1 is 0.966 bits per heavy atom. The number of nitrogens with zero attached hydrogens (tertiary/aromatic N) is 2. The van der Waals surface area contributed by atoms with Crippen molar-refractivity contribution >= 4 is 28.9 Å². The summed E-state index contributed by atoms with van der Waals surface area (Å²) in [5, 5.41) is 9.26. The number of aryl methyl sites for hydroxylation is 2. The fraction of sp³-hybridized carbons (Fsp3) is 0.227. The van der Waals surface area contributed by atoms with Crippen molar-refractivity contribution in [3.8, 4) is 5.75 Å². The fourth-order valence-corrected chi connectivity index (χ4v) is 2.75. The zero-order valence-corrected chi connectivity index (χ0v) is 16.8. The lowest BCUT2D eigenvalue weighted by molar-refractivity contribution is -0.118. The Balaban J connectivity index is 1.56. The van der Waals surface area contributed by atoms with E-state index in [-0.39, 0.29) is 12.5 Å². The minimum atomic E-state index is -0.212. The first kappa shape index (κ1) is 20.1. The SMILES string of the molecule is CCNc1cc(Nc2ccc(NC(=O)COc3ccccc3C)cc2)nc(C)n1. The van der Waals surface area contributed by atoms with Gasteiger partial charge in [0.2, 0.25) is 0 Å². The summed E-state index contributed by atoms with van der Waals surface area (Å²) in [5.41, 5.74) is 2.55. The second-order valence-corrected chi connectivity index (χ2v) is 6.52. The first-order valence-electron chi connectivity index (χ1n) is 9.48. The molecule has 150 valence electrons. The minimum absolute atomic E-state index is 0.0434. The Labute approximate surface area is 170 Å². The van der Waals surface area contributed by atoms with Crippen LogP contribution in [0, 0.1) is 13.8 Å². The molecule has 0 aliphatic rings. The van der Waals surface area contributed by atoms with Gasteiger partial charge in [-0.15, -0.1) is 0 Å². The maximum atomic E-state index is 12.1. The highest BCUT2D eigenvalue weighted by molar-refractivity contribution is 5.92. The van der Waals surface area contributed by atoms with Gasteiger partial charge in [-0.3, -0.25) is 4.79 Å². The van der Waals surface area contributed by atoms with Gasteiger partial charge < -0.3 is 20.7 Å². The van der Waals surface area contributed by atoms with E-state index in [1.807, 2.05) is 75.4 Å². The molecule has 3 N–H and O–H groups in total. The molecule has 7 nitrogen and oxygen atoms in total. The molecule has 0 unspecified atom stereocenters. The van der Waals surface area contributed by atoms with Crippen LogP contribution in [0.2, 0.25) is 0 Å². The molecule has 2 aromatic carbocycles. The maximum Gasteiger partial charge on any atom is 0.262 e. The van der Waals surface area contributed by atoms with E-state index in [1.165, 1.54) is 0 Å². The van der Waals surface area contributed by atoms with Crippen LogP contribution in [-0.2, 0) is 4.79 Å². The van der Waals surface area contributed by atoms with Gasteiger partial charge in [0, 0.05) is 24.0 Å². The quantitative estimate of drug-likeness (QED) is 0.531. The summed E-state index contributed by atoms with van der Waals surface area (Å²) in [6, 6.07) is 16.9. The summed E-state index contributed by atoms with van der Waals surface area (Å²) >= 11 is 0. The van der Waals surface area contributed by atoms with Crippen molar-refractivity contribution in [2.75, 3.05) is 29.1 Å². The lowest BCUT2D eigenvalue weighted by atomic mass is 10.2. The molecule has 29 heavy (non-hydrogen) atoms. The van der Waals surface area contributed by atoms with Crippen molar-refractivity contribution in [1.82, 2.24) is 9.97 Å². The monoisotopic (exact) mass is 391 g/mol. The van der Waals surface area contributed by atoms with Gasteiger partial charge in [-0.1, -0.05) is 18.2 Å². The van der Waals surface area contributed by atoms with E-state index in [4.69, 9.17) is 4.74 Å². The Kier molecular flexibility index (Phi) is 6.63. The molecule has 0 atom stereocenters.